The predicted octanol–water partition coefficient (Wildman–Crippen LogP) is 5.01. The standard InChI is InChI=1S/C22H13F4N5OS/c23-16-7-3-1-5-12(16)10-30-11-13(14-6-2-4-8-17(14)30)9-15-18(27)31-21(28-19(15)32)33-20(29-31)22(24,25)26/h1-9,11,27H,10H2/b15-9+,27-18?. The number of hydrogen-bond donors (Lipinski definition) is 1. The van der Waals surface area contributed by atoms with Gasteiger partial charge < -0.3 is 4.57 Å². The van der Waals surface area contributed by atoms with Gasteiger partial charge in [-0.25, -0.2) is 4.39 Å². The van der Waals surface area contributed by atoms with Gasteiger partial charge in [0.25, 0.3) is 5.91 Å². The average molecular weight is 471 g/mol. The first-order valence-electron chi connectivity index (χ1n) is 9.61. The van der Waals surface area contributed by atoms with Crippen molar-refractivity contribution in [2.45, 2.75) is 12.7 Å². The molecule has 0 fully saturated rings. The quantitative estimate of drug-likeness (QED) is 0.431. The van der Waals surface area contributed by atoms with Gasteiger partial charge in [-0.05, 0) is 30.0 Å². The van der Waals surface area contributed by atoms with E-state index in [9.17, 15) is 22.4 Å². The molecule has 6 nitrogen and oxygen atoms in total. The van der Waals surface area contributed by atoms with Gasteiger partial charge in [-0.3, -0.25) is 10.2 Å². The lowest BCUT2D eigenvalue weighted by Gasteiger charge is -2.20. The topological polar surface area (TPSA) is 73.8 Å². The first-order valence-corrected chi connectivity index (χ1v) is 10.4. The first kappa shape index (κ1) is 21.1. The highest BCUT2D eigenvalue weighted by molar-refractivity contribution is 8.27. The second kappa shape index (κ2) is 7.69. The highest BCUT2D eigenvalue weighted by atomic mass is 32.2. The number of carbonyl (C=O) groups is 1. The molecule has 0 aliphatic carbocycles. The molecule has 2 aliphatic heterocycles. The van der Waals surface area contributed by atoms with Crippen molar-refractivity contribution >= 4 is 50.7 Å². The van der Waals surface area contributed by atoms with Crippen LogP contribution in [0.2, 0.25) is 0 Å². The van der Waals surface area contributed by atoms with Gasteiger partial charge in [-0.2, -0.15) is 28.3 Å². The fraction of sp³-hybridized carbons (Fsp3) is 0.0909. The van der Waals surface area contributed by atoms with Gasteiger partial charge in [0.15, 0.2) is 5.84 Å². The van der Waals surface area contributed by atoms with E-state index in [2.05, 4.69) is 10.1 Å². The van der Waals surface area contributed by atoms with Crippen LogP contribution in [0.1, 0.15) is 11.1 Å². The number of carbonyl (C=O) groups excluding carboxylic acids is 1. The molecule has 166 valence electrons. The molecule has 0 unspecified atom stereocenters. The van der Waals surface area contributed by atoms with Crippen LogP contribution in [-0.4, -0.2) is 37.7 Å². The average Bonchev–Trinajstić information content (AvgIpc) is 3.35. The number of hydrazone groups is 1. The first-order chi connectivity index (χ1) is 15.7. The van der Waals surface area contributed by atoms with Crippen molar-refractivity contribution in [1.82, 2.24) is 9.58 Å². The number of nitrogens with one attached hydrogen (secondary N) is 1. The molecule has 0 atom stereocenters. The number of thioether (sulfide) groups is 1. The van der Waals surface area contributed by atoms with E-state index in [4.69, 9.17) is 5.41 Å². The normalized spacial score (nSPS) is 17.6. The summed E-state index contributed by atoms with van der Waals surface area (Å²) >= 11 is 0.199. The molecule has 11 heteroatoms. The molecule has 3 aromatic rings. The number of para-hydroxylation sites is 1. The molecule has 1 aromatic heterocycles. The summed E-state index contributed by atoms with van der Waals surface area (Å²) in [6.07, 6.45) is -1.61. The summed E-state index contributed by atoms with van der Waals surface area (Å²) in [5.74, 6) is -1.68. The summed E-state index contributed by atoms with van der Waals surface area (Å²) in [6, 6.07) is 13.6. The minimum atomic E-state index is -4.71. The van der Waals surface area contributed by atoms with Gasteiger partial charge in [0, 0.05) is 28.2 Å². The van der Waals surface area contributed by atoms with Gasteiger partial charge in [0.05, 0.1) is 12.1 Å². The molecule has 33 heavy (non-hydrogen) atoms. The van der Waals surface area contributed by atoms with Crippen LogP contribution >= 0.6 is 11.8 Å². The number of fused-ring (bicyclic) bond motifs is 2. The fourth-order valence-electron chi connectivity index (χ4n) is 3.59. The predicted molar refractivity (Wildman–Crippen MR) is 119 cm³/mol. The smallest absolute Gasteiger partial charge is 0.342 e. The zero-order valence-corrected chi connectivity index (χ0v) is 17.4. The number of halogens is 4. The molecule has 1 amide bonds. The molecular weight excluding hydrogens is 458 g/mol. The van der Waals surface area contributed by atoms with E-state index in [1.807, 2.05) is 12.1 Å². The maximum Gasteiger partial charge on any atom is 0.441 e. The summed E-state index contributed by atoms with van der Waals surface area (Å²) in [4.78, 5) is 16.3. The second-order valence-corrected chi connectivity index (χ2v) is 8.20. The van der Waals surface area contributed by atoms with Crippen LogP contribution < -0.4 is 0 Å². The molecule has 5 rings (SSSR count). The third-order valence-corrected chi connectivity index (χ3v) is 6.07. The van der Waals surface area contributed by atoms with Gasteiger partial charge >= 0.3 is 6.18 Å². The summed E-state index contributed by atoms with van der Waals surface area (Å²) in [5, 5.41) is 11.6. The third kappa shape index (κ3) is 3.74. The van der Waals surface area contributed by atoms with Crippen LogP contribution in [0.5, 0.6) is 0 Å². The molecule has 0 spiro atoms. The maximum atomic E-state index is 14.2. The number of hydrogen-bond acceptors (Lipinski definition) is 4. The summed E-state index contributed by atoms with van der Waals surface area (Å²) < 4.78 is 55.0. The summed E-state index contributed by atoms with van der Waals surface area (Å²) in [6.45, 7) is 0.228. The molecule has 0 saturated heterocycles. The van der Waals surface area contributed by atoms with Gasteiger partial charge in [0.2, 0.25) is 10.2 Å². The Kier molecular flexibility index (Phi) is 4.93. The Morgan fingerprint density at radius 2 is 1.82 bits per heavy atom. The number of aliphatic imine (C=N–C) groups is 1. The zero-order chi connectivity index (χ0) is 23.3. The monoisotopic (exact) mass is 471 g/mol. The zero-order valence-electron chi connectivity index (χ0n) is 16.6. The van der Waals surface area contributed by atoms with Crippen molar-refractivity contribution in [2.75, 3.05) is 0 Å². The van der Waals surface area contributed by atoms with E-state index in [0.29, 0.717) is 16.1 Å². The van der Waals surface area contributed by atoms with Crippen molar-refractivity contribution in [3.63, 3.8) is 0 Å². The minimum Gasteiger partial charge on any atom is -0.342 e. The molecule has 0 radical (unpaired) electrons. The van der Waals surface area contributed by atoms with E-state index < -0.39 is 23.0 Å². The van der Waals surface area contributed by atoms with Crippen LogP contribution in [-0.2, 0) is 11.3 Å². The fourth-order valence-corrected chi connectivity index (χ4v) is 4.35. The van der Waals surface area contributed by atoms with E-state index in [1.165, 1.54) is 12.1 Å². The molecule has 2 aliphatic rings. The van der Waals surface area contributed by atoms with Crippen LogP contribution in [0.15, 0.2) is 70.4 Å². The minimum absolute atomic E-state index is 0.194. The SMILES string of the molecule is N=C1/C(=C\c2cn(Cc3ccccc3F)c3ccccc23)C(=O)N=C2SC(C(F)(F)F)=NN12. The Balaban J connectivity index is 1.56. The van der Waals surface area contributed by atoms with E-state index in [1.54, 1.807) is 41.1 Å². The second-order valence-electron chi connectivity index (χ2n) is 7.24. The molecule has 0 saturated carbocycles. The molecule has 2 aromatic carbocycles. The number of nitrogens with zero attached hydrogens (tertiary/aromatic N) is 4. The highest BCUT2D eigenvalue weighted by Crippen LogP contribution is 2.35. The molecular formula is C22H13F4N5OS. The van der Waals surface area contributed by atoms with E-state index in [0.717, 1.165) is 10.9 Å². The molecule has 1 N–H and O–H groups in total. The van der Waals surface area contributed by atoms with Crippen molar-refractivity contribution in [3.05, 3.63) is 77.2 Å². The van der Waals surface area contributed by atoms with Crippen molar-refractivity contribution < 1.29 is 22.4 Å². The Labute approximate surface area is 188 Å². The summed E-state index contributed by atoms with van der Waals surface area (Å²) in [5.41, 5.74) is 1.58. The van der Waals surface area contributed by atoms with E-state index in [-0.39, 0.29) is 34.9 Å². The Hall–Kier alpha value is -3.73. The van der Waals surface area contributed by atoms with Crippen LogP contribution in [0.25, 0.3) is 17.0 Å². The van der Waals surface area contributed by atoms with Gasteiger partial charge in [-0.15, -0.1) is 0 Å². The lowest BCUT2D eigenvalue weighted by atomic mass is 10.1. The largest absolute Gasteiger partial charge is 0.441 e. The number of aromatic nitrogens is 1. The van der Waals surface area contributed by atoms with Gasteiger partial charge in [-0.1, -0.05) is 36.4 Å². The maximum absolute atomic E-state index is 14.2. The number of alkyl halides is 3. The Morgan fingerprint density at radius 3 is 2.58 bits per heavy atom. The molecule has 0 bridgehead atoms. The lowest BCUT2D eigenvalue weighted by molar-refractivity contribution is -0.114. The van der Waals surface area contributed by atoms with Crippen LogP contribution in [0.4, 0.5) is 17.6 Å². The summed E-state index contributed by atoms with van der Waals surface area (Å²) in [7, 11) is 0. The number of rotatable bonds is 3. The molecule has 3 heterocycles. The van der Waals surface area contributed by atoms with Crippen molar-refractivity contribution in [1.29, 1.82) is 5.41 Å². The lowest BCUT2D eigenvalue weighted by Crippen LogP contribution is -2.35. The number of amidine groups is 2. The number of amides is 1. The van der Waals surface area contributed by atoms with Gasteiger partial charge in [0.1, 0.15) is 5.82 Å². The third-order valence-electron chi connectivity index (χ3n) is 5.11. The van der Waals surface area contributed by atoms with Crippen molar-refractivity contribution in [3.8, 4) is 0 Å². The Bertz CT molecular complexity index is 1420. The van der Waals surface area contributed by atoms with Crippen LogP contribution in [0, 0.1) is 11.2 Å². The van der Waals surface area contributed by atoms with Crippen molar-refractivity contribution in [2.24, 2.45) is 10.1 Å². The van der Waals surface area contributed by atoms with Crippen LogP contribution in [0.3, 0.4) is 0 Å². The Morgan fingerprint density at radius 1 is 1.09 bits per heavy atom. The van der Waals surface area contributed by atoms with E-state index >= 15 is 0 Å². The number of benzene rings is 2. The highest BCUT2D eigenvalue weighted by Gasteiger charge is 2.46.